The molecule has 0 bridgehead atoms. The van der Waals surface area contributed by atoms with E-state index in [1.54, 1.807) is 12.2 Å². The number of aromatic nitrogens is 1. The van der Waals surface area contributed by atoms with Crippen LogP contribution in [-0.4, -0.2) is 50.8 Å². The smallest absolute Gasteiger partial charge is 0.160 e. The number of aromatic hydroxyl groups is 2. The van der Waals surface area contributed by atoms with Crippen molar-refractivity contribution in [2.24, 2.45) is 0 Å². The largest absolute Gasteiger partial charge is 0.508 e. The first-order valence-corrected chi connectivity index (χ1v) is 11.6. The van der Waals surface area contributed by atoms with Crippen molar-refractivity contribution < 1.29 is 34.6 Å². The lowest BCUT2D eigenvalue weighted by atomic mass is 9.94. The zero-order chi connectivity index (χ0) is 25.4. The van der Waals surface area contributed by atoms with Crippen LogP contribution in [0.25, 0.3) is 0 Å². The van der Waals surface area contributed by atoms with Crippen LogP contribution in [0.5, 0.6) is 17.2 Å². The first-order valence-electron chi connectivity index (χ1n) is 11.6. The summed E-state index contributed by atoms with van der Waals surface area (Å²) in [6.07, 6.45) is 5.49. The highest BCUT2D eigenvalue weighted by Gasteiger charge is 2.30. The minimum absolute atomic E-state index is 0.0821. The summed E-state index contributed by atoms with van der Waals surface area (Å²) in [5, 5.41) is 39.4. The van der Waals surface area contributed by atoms with Crippen molar-refractivity contribution in [2.45, 2.75) is 51.9 Å². The molecule has 1 aromatic carbocycles. The molecule has 0 spiro atoms. The van der Waals surface area contributed by atoms with Crippen LogP contribution < -0.4 is 4.74 Å². The van der Waals surface area contributed by atoms with Gasteiger partial charge in [-0.05, 0) is 31.1 Å². The Morgan fingerprint density at radius 2 is 2.03 bits per heavy atom. The fourth-order valence-corrected chi connectivity index (χ4v) is 3.65. The van der Waals surface area contributed by atoms with Gasteiger partial charge in [-0.25, -0.2) is 0 Å². The van der Waals surface area contributed by atoms with Gasteiger partial charge < -0.3 is 34.6 Å². The van der Waals surface area contributed by atoms with E-state index in [1.807, 2.05) is 25.3 Å². The fourth-order valence-electron chi connectivity index (χ4n) is 3.65. The summed E-state index contributed by atoms with van der Waals surface area (Å²) in [6, 6.07) is 6.56. The van der Waals surface area contributed by atoms with Crippen LogP contribution in [0.2, 0.25) is 0 Å². The predicted octanol–water partition coefficient (Wildman–Crippen LogP) is 3.68. The molecule has 8 nitrogen and oxygen atoms in total. The second-order valence-corrected chi connectivity index (χ2v) is 8.41. The van der Waals surface area contributed by atoms with Gasteiger partial charge in [0.25, 0.3) is 0 Å². The number of rotatable bonds is 11. The Kier molecular flexibility index (Phi) is 9.17. The van der Waals surface area contributed by atoms with Crippen LogP contribution in [0.15, 0.2) is 66.3 Å². The highest BCUT2D eigenvalue weighted by Crippen LogP contribution is 2.38. The van der Waals surface area contributed by atoms with Gasteiger partial charge in [-0.15, -0.1) is 0 Å². The number of aryl methyl sites for hydroxylation is 1. The topological polar surface area (TPSA) is 122 Å². The van der Waals surface area contributed by atoms with E-state index in [-0.39, 0.29) is 37.7 Å². The van der Waals surface area contributed by atoms with Crippen LogP contribution in [0.1, 0.15) is 37.1 Å². The third-order valence-corrected chi connectivity index (χ3v) is 5.65. The van der Waals surface area contributed by atoms with Crippen molar-refractivity contribution in [2.75, 3.05) is 13.2 Å². The van der Waals surface area contributed by atoms with E-state index >= 15 is 0 Å². The Hall–Kier alpha value is -3.49. The number of aliphatic hydroxyl groups is 2. The van der Waals surface area contributed by atoms with E-state index in [0.717, 1.165) is 23.3 Å². The van der Waals surface area contributed by atoms with Gasteiger partial charge in [0.15, 0.2) is 11.5 Å². The van der Waals surface area contributed by atoms with Gasteiger partial charge in [0, 0.05) is 36.7 Å². The summed E-state index contributed by atoms with van der Waals surface area (Å²) >= 11 is 0. The van der Waals surface area contributed by atoms with Gasteiger partial charge in [0.2, 0.25) is 0 Å². The second kappa shape index (κ2) is 12.3. The van der Waals surface area contributed by atoms with Crippen LogP contribution in [0, 0.1) is 0 Å². The molecule has 3 rings (SSSR count). The molecule has 0 aliphatic carbocycles. The lowest BCUT2D eigenvalue weighted by molar-refractivity contribution is 0.0213. The predicted molar refractivity (Wildman–Crippen MR) is 131 cm³/mol. The molecule has 2 aromatic rings. The Morgan fingerprint density at radius 1 is 1.23 bits per heavy atom. The Morgan fingerprint density at radius 3 is 2.71 bits per heavy atom. The maximum Gasteiger partial charge on any atom is 0.160 e. The summed E-state index contributed by atoms with van der Waals surface area (Å²) in [6.45, 7) is 8.04. The Balaban J connectivity index is 1.65. The monoisotopic (exact) mass is 483 g/mol. The molecule has 2 unspecified atom stereocenters. The van der Waals surface area contributed by atoms with Crippen molar-refractivity contribution in [3.63, 3.8) is 0 Å². The van der Waals surface area contributed by atoms with Crippen LogP contribution in [0.3, 0.4) is 0 Å². The highest BCUT2D eigenvalue weighted by molar-refractivity contribution is 5.51. The minimum atomic E-state index is -0.819. The third kappa shape index (κ3) is 7.24. The van der Waals surface area contributed by atoms with Crippen LogP contribution in [-0.2, 0) is 28.9 Å². The number of phenols is 2. The molecule has 0 radical (unpaired) electrons. The number of fused-ring (bicyclic) bond motifs is 1. The molecule has 8 heteroatoms. The average Bonchev–Trinajstić information content (AvgIpc) is 2.84. The van der Waals surface area contributed by atoms with Crippen LogP contribution >= 0.6 is 0 Å². The standard InChI is InChI=1S/C27H33NO7/c1-4-19-6-7-20(28-15-19)16-34-18(3)25(33-10-9-29)8-5-17(2)11-27-24(32)14-22-23(31)12-21(30)13-26(22)35-27/h5-8,12-13,15,24,27,29-32H,3-4,9-11,14,16H2,1-2H3/b17-5+,25-8+. The van der Waals surface area contributed by atoms with Crippen molar-refractivity contribution in [3.05, 3.63) is 83.1 Å². The van der Waals surface area contributed by atoms with E-state index in [4.69, 9.17) is 19.3 Å². The summed E-state index contributed by atoms with van der Waals surface area (Å²) in [7, 11) is 0. The maximum atomic E-state index is 10.5. The normalized spacial score (nSPS) is 17.9. The molecule has 2 atom stereocenters. The molecule has 1 aromatic heterocycles. The van der Waals surface area contributed by atoms with E-state index in [2.05, 4.69) is 18.5 Å². The Bertz CT molecular complexity index is 1080. The van der Waals surface area contributed by atoms with Crippen molar-refractivity contribution in [1.29, 1.82) is 0 Å². The number of phenolic OH excluding ortho intramolecular Hbond substituents is 2. The minimum Gasteiger partial charge on any atom is -0.508 e. The fraction of sp³-hybridized carbons (Fsp3) is 0.370. The summed E-state index contributed by atoms with van der Waals surface area (Å²) in [5.41, 5.74) is 3.26. The molecular formula is C27H33NO7. The van der Waals surface area contributed by atoms with Crippen molar-refractivity contribution >= 4 is 0 Å². The number of hydrogen-bond acceptors (Lipinski definition) is 8. The number of pyridine rings is 1. The van der Waals surface area contributed by atoms with Gasteiger partial charge in [-0.3, -0.25) is 4.98 Å². The molecule has 188 valence electrons. The second-order valence-electron chi connectivity index (χ2n) is 8.41. The Labute approximate surface area is 205 Å². The van der Waals surface area contributed by atoms with E-state index in [9.17, 15) is 15.3 Å². The van der Waals surface area contributed by atoms with Crippen LogP contribution in [0.4, 0.5) is 0 Å². The van der Waals surface area contributed by atoms with Crippen molar-refractivity contribution in [1.82, 2.24) is 4.98 Å². The van der Waals surface area contributed by atoms with Gasteiger partial charge in [-0.1, -0.05) is 31.2 Å². The van der Waals surface area contributed by atoms with Crippen molar-refractivity contribution in [3.8, 4) is 17.2 Å². The number of nitrogens with zero attached hydrogens (tertiary/aromatic N) is 1. The number of allylic oxidation sites excluding steroid dienone is 2. The highest BCUT2D eigenvalue weighted by atomic mass is 16.5. The molecule has 0 amide bonds. The maximum absolute atomic E-state index is 10.5. The lowest BCUT2D eigenvalue weighted by Gasteiger charge is -2.31. The van der Waals surface area contributed by atoms with E-state index in [1.165, 1.54) is 12.1 Å². The zero-order valence-electron chi connectivity index (χ0n) is 20.1. The van der Waals surface area contributed by atoms with Gasteiger partial charge >= 0.3 is 0 Å². The number of benzene rings is 1. The number of hydrogen-bond donors (Lipinski definition) is 4. The summed E-state index contributed by atoms with van der Waals surface area (Å²) < 4.78 is 17.2. The summed E-state index contributed by atoms with van der Waals surface area (Å²) in [4.78, 5) is 4.37. The molecule has 0 saturated carbocycles. The molecular weight excluding hydrogens is 450 g/mol. The summed E-state index contributed by atoms with van der Waals surface area (Å²) in [5.74, 6) is 0.822. The van der Waals surface area contributed by atoms with Gasteiger partial charge in [-0.2, -0.15) is 0 Å². The average molecular weight is 484 g/mol. The van der Waals surface area contributed by atoms with E-state index in [0.29, 0.717) is 29.3 Å². The molecule has 2 heterocycles. The van der Waals surface area contributed by atoms with Gasteiger partial charge in [0.1, 0.15) is 36.6 Å². The molecule has 0 fully saturated rings. The zero-order valence-corrected chi connectivity index (χ0v) is 20.1. The molecule has 35 heavy (non-hydrogen) atoms. The quantitative estimate of drug-likeness (QED) is 0.282. The lowest BCUT2D eigenvalue weighted by Crippen LogP contribution is -2.37. The van der Waals surface area contributed by atoms with E-state index < -0.39 is 12.2 Å². The first-order chi connectivity index (χ1) is 16.8. The SMILES string of the molecule is C=C(OCc1ccc(CC)cn1)/C(=C\C=C(/C)CC1Oc2cc(O)cc(O)c2CC1O)OCCO. The third-order valence-electron chi connectivity index (χ3n) is 5.65. The van der Waals surface area contributed by atoms with Gasteiger partial charge in [0.05, 0.1) is 18.4 Å². The molecule has 0 saturated heterocycles. The first kappa shape index (κ1) is 26.1. The molecule has 1 aliphatic rings. The number of ether oxygens (including phenoxy) is 3. The molecule has 4 N–H and O–H groups in total. The molecule has 1 aliphatic heterocycles. The number of aliphatic hydroxyl groups excluding tert-OH is 2.